The number of hydrogen-bond acceptors (Lipinski definition) is 8. The Kier molecular flexibility index (Phi) is 4.65. The molecule has 0 spiro atoms. The molecule has 0 bridgehead atoms. The Morgan fingerprint density at radius 3 is 2.64 bits per heavy atom. The lowest BCUT2D eigenvalue weighted by atomic mass is 10.4. The van der Waals surface area contributed by atoms with Crippen LogP contribution >= 0.6 is 11.8 Å². The minimum absolute atomic E-state index is 0.248. The predicted molar refractivity (Wildman–Crippen MR) is 92.7 cm³/mol. The molecule has 3 aromatic heterocycles. The van der Waals surface area contributed by atoms with Crippen LogP contribution in [-0.4, -0.2) is 45.8 Å². The number of amides is 1. The van der Waals surface area contributed by atoms with Gasteiger partial charge >= 0.3 is 0 Å². The summed E-state index contributed by atoms with van der Waals surface area (Å²) >= 11 is 1.18. The van der Waals surface area contributed by atoms with Crippen LogP contribution in [0.25, 0.3) is 5.95 Å². The van der Waals surface area contributed by atoms with Gasteiger partial charge in [-0.3, -0.25) is 10.1 Å². The number of thioether (sulfide) groups is 1. The average molecular weight is 359 g/mol. The van der Waals surface area contributed by atoms with Crippen LogP contribution in [0, 0.1) is 13.8 Å². The molecular formula is C14H17N9OS. The number of aromatic nitrogens is 7. The molecule has 0 saturated heterocycles. The number of nitrogens with zero attached hydrogens (tertiary/aromatic N) is 7. The van der Waals surface area contributed by atoms with Crippen molar-refractivity contribution < 1.29 is 4.79 Å². The number of nitrogen functional groups attached to an aromatic ring is 1. The highest BCUT2D eigenvalue weighted by molar-refractivity contribution is 8.00. The molecule has 0 aliphatic carbocycles. The number of anilines is 1. The number of rotatable bonds is 5. The zero-order valence-corrected chi connectivity index (χ0v) is 14.7. The van der Waals surface area contributed by atoms with Crippen LogP contribution in [0.3, 0.4) is 0 Å². The summed E-state index contributed by atoms with van der Waals surface area (Å²) in [5.41, 5.74) is 1.74. The van der Waals surface area contributed by atoms with Crippen LogP contribution in [0.4, 0.5) is 5.95 Å². The Hall–Kier alpha value is -2.95. The van der Waals surface area contributed by atoms with Crippen LogP contribution in [-0.2, 0) is 4.79 Å². The zero-order valence-electron chi connectivity index (χ0n) is 13.9. The van der Waals surface area contributed by atoms with Gasteiger partial charge in [0, 0.05) is 18.1 Å². The van der Waals surface area contributed by atoms with Gasteiger partial charge in [0.1, 0.15) is 0 Å². The molecule has 0 aliphatic rings. The molecular weight excluding hydrogens is 342 g/mol. The van der Waals surface area contributed by atoms with Gasteiger partial charge in [0.2, 0.25) is 17.0 Å². The van der Waals surface area contributed by atoms with Crippen molar-refractivity contribution in [2.24, 2.45) is 0 Å². The summed E-state index contributed by atoms with van der Waals surface area (Å²) < 4.78 is 2.92. The highest BCUT2D eigenvalue weighted by Crippen LogP contribution is 2.22. The van der Waals surface area contributed by atoms with Crippen LogP contribution in [0.15, 0.2) is 29.7 Å². The molecule has 3 N–H and O–H groups in total. The first-order chi connectivity index (χ1) is 12.0. The SMILES string of the molecule is Cc1cc(C)n(-c2nnc(SC(C)C(=O)Nc3ncccn3)n2N)n1. The first-order valence-electron chi connectivity index (χ1n) is 7.44. The third-order valence-corrected chi connectivity index (χ3v) is 4.35. The van der Waals surface area contributed by atoms with Crippen LogP contribution < -0.4 is 11.2 Å². The fraction of sp³-hybridized carbons (Fsp3) is 0.286. The van der Waals surface area contributed by atoms with Gasteiger partial charge < -0.3 is 5.84 Å². The Labute approximate surface area is 147 Å². The molecule has 3 aromatic rings. The van der Waals surface area contributed by atoms with E-state index < -0.39 is 5.25 Å². The quantitative estimate of drug-likeness (QED) is 0.503. The van der Waals surface area contributed by atoms with Crippen LogP contribution in [0.2, 0.25) is 0 Å². The van der Waals surface area contributed by atoms with Crippen LogP contribution in [0.5, 0.6) is 0 Å². The van der Waals surface area contributed by atoms with Crippen molar-refractivity contribution in [3.05, 3.63) is 35.9 Å². The summed E-state index contributed by atoms with van der Waals surface area (Å²) in [6.45, 7) is 5.52. The molecule has 3 rings (SSSR count). The maximum absolute atomic E-state index is 12.2. The van der Waals surface area contributed by atoms with E-state index in [0.29, 0.717) is 11.1 Å². The number of hydrogen-bond donors (Lipinski definition) is 2. The lowest BCUT2D eigenvalue weighted by Gasteiger charge is -2.10. The maximum Gasteiger partial charge on any atom is 0.271 e. The van der Waals surface area contributed by atoms with E-state index in [2.05, 4.69) is 30.6 Å². The van der Waals surface area contributed by atoms with Crippen molar-refractivity contribution in [3.8, 4) is 5.95 Å². The lowest BCUT2D eigenvalue weighted by molar-refractivity contribution is -0.115. The zero-order chi connectivity index (χ0) is 18.0. The third kappa shape index (κ3) is 3.60. The van der Waals surface area contributed by atoms with E-state index in [-0.39, 0.29) is 11.9 Å². The van der Waals surface area contributed by atoms with Gasteiger partial charge in [-0.15, -0.1) is 10.2 Å². The number of carbonyl (C=O) groups is 1. The van der Waals surface area contributed by atoms with Gasteiger partial charge in [0.25, 0.3) is 5.95 Å². The second-order valence-corrected chi connectivity index (χ2v) is 6.62. The molecule has 3 heterocycles. The normalized spacial score (nSPS) is 12.1. The molecule has 130 valence electrons. The summed E-state index contributed by atoms with van der Waals surface area (Å²) in [6, 6.07) is 3.59. The molecule has 10 nitrogen and oxygen atoms in total. The fourth-order valence-corrected chi connectivity index (χ4v) is 2.88. The monoisotopic (exact) mass is 359 g/mol. The minimum atomic E-state index is -0.469. The molecule has 0 fully saturated rings. The summed E-state index contributed by atoms with van der Waals surface area (Å²) in [7, 11) is 0. The molecule has 25 heavy (non-hydrogen) atoms. The maximum atomic E-state index is 12.2. The van der Waals surface area contributed by atoms with Crippen LogP contribution in [0.1, 0.15) is 18.3 Å². The number of nitrogens with one attached hydrogen (secondary N) is 1. The molecule has 1 unspecified atom stereocenters. The predicted octanol–water partition coefficient (Wildman–Crippen LogP) is 0.704. The topological polar surface area (TPSA) is 129 Å². The Bertz CT molecular complexity index is 889. The Morgan fingerprint density at radius 2 is 2.00 bits per heavy atom. The van der Waals surface area contributed by atoms with Crippen molar-refractivity contribution in [2.45, 2.75) is 31.2 Å². The summed E-state index contributed by atoms with van der Waals surface area (Å²) in [5.74, 6) is 6.44. The second kappa shape index (κ2) is 6.89. The average Bonchev–Trinajstić information content (AvgIpc) is 3.10. The van der Waals surface area contributed by atoms with Gasteiger partial charge in [0.05, 0.1) is 10.9 Å². The first-order valence-corrected chi connectivity index (χ1v) is 8.32. The van der Waals surface area contributed by atoms with Gasteiger partial charge in [-0.25, -0.2) is 19.3 Å². The molecule has 1 atom stereocenters. The van der Waals surface area contributed by atoms with E-state index in [4.69, 9.17) is 5.84 Å². The van der Waals surface area contributed by atoms with Gasteiger partial charge in [0.15, 0.2) is 0 Å². The first kappa shape index (κ1) is 16.9. The van der Waals surface area contributed by atoms with Gasteiger partial charge in [-0.05, 0) is 32.9 Å². The van der Waals surface area contributed by atoms with Crippen molar-refractivity contribution >= 4 is 23.6 Å². The van der Waals surface area contributed by atoms with E-state index in [1.165, 1.54) is 16.4 Å². The molecule has 0 aliphatic heterocycles. The smallest absolute Gasteiger partial charge is 0.271 e. The summed E-state index contributed by atoms with van der Waals surface area (Å²) in [5, 5.41) is 15.0. The molecule has 11 heteroatoms. The van der Waals surface area contributed by atoms with Crippen molar-refractivity contribution in [3.63, 3.8) is 0 Å². The highest BCUT2D eigenvalue weighted by atomic mass is 32.2. The van der Waals surface area contributed by atoms with E-state index >= 15 is 0 Å². The molecule has 0 aromatic carbocycles. The second-order valence-electron chi connectivity index (χ2n) is 5.31. The van der Waals surface area contributed by atoms with E-state index in [1.807, 2.05) is 19.9 Å². The number of carbonyl (C=O) groups excluding carboxylic acids is 1. The highest BCUT2D eigenvalue weighted by Gasteiger charge is 2.21. The van der Waals surface area contributed by atoms with Crippen molar-refractivity contribution in [1.82, 2.24) is 34.6 Å². The summed E-state index contributed by atoms with van der Waals surface area (Å²) in [4.78, 5) is 20.2. The van der Waals surface area contributed by atoms with E-state index in [9.17, 15) is 4.79 Å². The number of aryl methyl sites for hydroxylation is 2. The fourth-order valence-electron chi connectivity index (χ4n) is 2.11. The van der Waals surface area contributed by atoms with E-state index in [1.54, 1.807) is 30.1 Å². The molecule has 1 amide bonds. The van der Waals surface area contributed by atoms with Crippen molar-refractivity contribution in [2.75, 3.05) is 11.2 Å². The standard InChI is InChI=1S/C14H17N9OS/c1-8-7-9(2)23(21-8)13-19-20-14(22(13)15)25-10(3)11(24)18-12-16-5-4-6-17-12/h4-7,10H,15H2,1-3H3,(H,16,17,18,24). The molecule has 0 radical (unpaired) electrons. The largest absolute Gasteiger partial charge is 0.334 e. The Balaban J connectivity index is 1.73. The number of nitrogens with two attached hydrogens (primary N) is 1. The van der Waals surface area contributed by atoms with Crippen molar-refractivity contribution in [1.29, 1.82) is 0 Å². The molecule has 0 saturated carbocycles. The lowest BCUT2D eigenvalue weighted by Crippen LogP contribution is -2.25. The minimum Gasteiger partial charge on any atom is -0.334 e. The van der Waals surface area contributed by atoms with Gasteiger partial charge in [-0.2, -0.15) is 5.10 Å². The summed E-state index contributed by atoms with van der Waals surface area (Å²) in [6.07, 6.45) is 3.11. The Morgan fingerprint density at radius 1 is 1.28 bits per heavy atom. The van der Waals surface area contributed by atoms with E-state index in [0.717, 1.165) is 11.4 Å². The van der Waals surface area contributed by atoms with Gasteiger partial charge in [-0.1, -0.05) is 11.8 Å². The third-order valence-electron chi connectivity index (χ3n) is 3.30.